The minimum absolute atomic E-state index is 0.312. The van der Waals surface area contributed by atoms with Gasteiger partial charge in [0.1, 0.15) is 17.9 Å². The van der Waals surface area contributed by atoms with Crippen LogP contribution < -0.4 is 10.9 Å². The van der Waals surface area contributed by atoms with E-state index in [0.29, 0.717) is 15.4 Å². The summed E-state index contributed by atoms with van der Waals surface area (Å²) in [5.74, 6) is -2.65. The maximum absolute atomic E-state index is 12.2. The summed E-state index contributed by atoms with van der Waals surface area (Å²) in [7, 11) is 1.46. The molecular formula is C13H11BrN2O5. The normalized spacial score (nSPS) is 10.6. The maximum atomic E-state index is 12.2. The Bertz CT molecular complexity index is 812. The first-order valence-corrected chi connectivity index (χ1v) is 6.63. The highest BCUT2D eigenvalue weighted by Crippen LogP contribution is 2.28. The number of carbonyl (C=O) groups is 2. The van der Waals surface area contributed by atoms with E-state index in [-0.39, 0.29) is 0 Å². The van der Waals surface area contributed by atoms with Crippen molar-refractivity contribution in [3.63, 3.8) is 0 Å². The number of carbonyl (C=O) groups excluding carboxylic acids is 1. The number of hydrogen-bond donors (Lipinski definition) is 3. The quantitative estimate of drug-likeness (QED) is 0.756. The van der Waals surface area contributed by atoms with Crippen LogP contribution in [0.5, 0.6) is 5.75 Å². The van der Waals surface area contributed by atoms with Crippen LogP contribution >= 0.6 is 15.9 Å². The Hall–Kier alpha value is -2.35. The SMILES string of the molecule is Cn1c(=O)c(C(=O)NCC(=O)O)c(O)c2cc(Br)ccc21. The third kappa shape index (κ3) is 2.75. The summed E-state index contributed by atoms with van der Waals surface area (Å²) >= 11 is 3.24. The molecule has 0 bridgehead atoms. The van der Waals surface area contributed by atoms with E-state index in [1.54, 1.807) is 18.2 Å². The third-order valence-corrected chi connectivity index (χ3v) is 3.45. The van der Waals surface area contributed by atoms with E-state index in [1.165, 1.54) is 11.6 Å². The van der Waals surface area contributed by atoms with Crippen molar-refractivity contribution in [2.75, 3.05) is 6.54 Å². The predicted octanol–water partition coefficient (Wildman–Crippen LogP) is 0.821. The molecule has 21 heavy (non-hydrogen) atoms. The molecule has 8 heteroatoms. The molecule has 7 nitrogen and oxygen atoms in total. The molecule has 0 atom stereocenters. The van der Waals surface area contributed by atoms with Crippen molar-refractivity contribution in [3.05, 3.63) is 38.6 Å². The van der Waals surface area contributed by atoms with Crippen LogP contribution in [0.1, 0.15) is 10.4 Å². The summed E-state index contributed by atoms with van der Waals surface area (Å²) in [6, 6.07) is 4.89. The first-order chi connectivity index (χ1) is 9.82. The lowest BCUT2D eigenvalue weighted by molar-refractivity contribution is -0.135. The first kappa shape index (κ1) is 15.0. The molecule has 0 aliphatic rings. The zero-order valence-electron chi connectivity index (χ0n) is 10.9. The summed E-state index contributed by atoms with van der Waals surface area (Å²) in [4.78, 5) is 34.5. The topological polar surface area (TPSA) is 109 Å². The van der Waals surface area contributed by atoms with Crippen molar-refractivity contribution in [3.8, 4) is 5.75 Å². The van der Waals surface area contributed by atoms with Crippen LogP contribution in [0, 0.1) is 0 Å². The molecule has 110 valence electrons. The number of amides is 1. The van der Waals surface area contributed by atoms with Gasteiger partial charge in [-0.3, -0.25) is 14.4 Å². The molecule has 0 unspecified atom stereocenters. The zero-order chi connectivity index (χ0) is 15.7. The largest absolute Gasteiger partial charge is 0.506 e. The lowest BCUT2D eigenvalue weighted by Crippen LogP contribution is -2.35. The van der Waals surface area contributed by atoms with E-state index in [9.17, 15) is 19.5 Å². The summed E-state index contributed by atoms with van der Waals surface area (Å²) in [6.45, 7) is -0.641. The van der Waals surface area contributed by atoms with Gasteiger partial charge in [0.25, 0.3) is 11.5 Å². The molecule has 0 fully saturated rings. The maximum Gasteiger partial charge on any atom is 0.322 e. The second-order valence-electron chi connectivity index (χ2n) is 4.33. The van der Waals surface area contributed by atoms with Gasteiger partial charge in [0, 0.05) is 16.9 Å². The molecule has 2 aromatic rings. The molecule has 0 saturated carbocycles. The van der Waals surface area contributed by atoms with Gasteiger partial charge in [-0.05, 0) is 18.2 Å². The van der Waals surface area contributed by atoms with Crippen molar-refractivity contribution in [1.29, 1.82) is 0 Å². The van der Waals surface area contributed by atoms with Gasteiger partial charge >= 0.3 is 5.97 Å². The van der Waals surface area contributed by atoms with Crippen LogP contribution in [0.15, 0.2) is 27.5 Å². The van der Waals surface area contributed by atoms with E-state index in [0.717, 1.165) is 0 Å². The fraction of sp³-hybridized carbons (Fsp3) is 0.154. The van der Waals surface area contributed by atoms with Crippen molar-refractivity contribution in [1.82, 2.24) is 9.88 Å². The number of benzene rings is 1. The predicted molar refractivity (Wildman–Crippen MR) is 78.5 cm³/mol. The molecule has 0 aliphatic heterocycles. The summed E-state index contributed by atoms with van der Waals surface area (Å²) in [6.07, 6.45) is 0. The monoisotopic (exact) mass is 354 g/mol. The minimum Gasteiger partial charge on any atom is -0.506 e. The van der Waals surface area contributed by atoms with E-state index >= 15 is 0 Å². The van der Waals surface area contributed by atoms with Crippen LogP contribution in [0.3, 0.4) is 0 Å². The number of carboxylic acids is 1. The second kappa shape index (κ2) is 5.57. The fourth-order valence-electron chi connectivity index (χ4n) is 1.95. The number of halogens is 1. The lowest BCUT2D eigenvalue weighted by Gasteiger charge is -2.11. The number of aryl methyl sites for hydroxylation is 1. The summed E-state index contributed by atoms with van der Waals surface area (Å²) in [5.41, 5.74) is -0.731. The van der Waals surface area contributed by atoms with Gasteiger partial charge in [-0.1, -0.05) is 15.9 Å². The van der Waals surface area contributed by atoms with Gasteiger partial charge in [0.15, 0.2) is 0 Å². The number of aromatic hydroxyl groups is 1. The van der Waals surface area contributed by atoms with E-state index in [2.05, 4.69) is 21.2 Å². The molecule has 1 heterocycles. The number of aliphatic carboxylic acids is 1. The van der Waals surface area contributed by atoms with Crippen LogP contribution in [0.4, 0.5) is 0 Å². The van der Waals surface area contributed by atoms with Crippen molar-refractivity contribution >= 4 is 38.7 Å². The zero-order valence-corrected chi connectivity index (χ0v) is 12.5. The van der Waals surface area contributed by atoms with Crippen molar-refractivity contribution < 1.29 is 19.8 Å². The van der Waals surface area contributed by atoms with Gasteiger partial charge in [0.05, 0.1) is 5.52 Å². The number of hydrogen-bond acceptors (Lipinski definition) is 4. The van der Waals surface area contributed by atoms with Crippen molar-refractivity contribution in [2.45, 2.75) is 0 Å². The van der Waals surface area contributed by atoms with Crippen molar-refractivity contribution in [2.24, 2.45) is 7.05 Å². The number of carboxylic acid groups (broad SMARTS) is 1. The van der Waals surface area contributed by atoms with Crippen LogP contribution in [-0.2, 0) is 11.8 Å². The number of nitrogens with zero attached hydrogens (tertiary/aromatic N) is 1. The van der Waals surface area contributed by atoms with E-state index < -0.39 is 35.3 Å². The average molecular weight is 355 g/mol. The van der Waals surface area contributed by atoms with Gasteiger partial charge < -0.3 is 20.1 Å². The van der Waals surface area contributed by atoms with Crippen LogP contribution in [0.25, 0.3) is 10.9 Å². The Labute approximate surface area is 126 Å². The van der Waals surface area contributed by atoms with Gasteiger partial charge in [-0.2, -0.15) is 0 Å². The fourth-order valence-corrected chi connectivity index (χ4v) is 2.31. The molecule has 2 rings (SSSR count). The van der Waals surface area contributed by atoms with Gasteiger partial charge in [-0.25, -0.2) is 0 Å². The average Bonchev–Trinajstić information content (AvgIpc) is 2.43. The number of rotatable bonds is 3. The standard InChI is InChI=1S/C13H11BrN2O5/c1-16-8-3-2-6(14)4-7(8)11(19)10(13(16)21)12(20)15-5-9(17)18/h2-4,19H,5H2,1H3,(H,15,20)(H,17,18). The highest BCUT2D eigenvalue weighted by Gasteiger charge is 2.21. The first-order valence-electron chi connectivity index (χ1n) is 5.84. The molecule has 3 N–H and O–H groups in total. The molecule has 0 radical (unpaired) electrons. The molecule has 0 saturated heterocycles. The molecular weight excluding hydrogens is 344 g/mol. The lowest BCUT2D eigenvalue weighted by atomic mass is 10.1. The molecule has 1 aromatic heterocycles. The third-order valence-electron chi connectivity index (χ3n) is 2.96. The van der Waals surface area contributed by atoms with Crippen LogP contribution in [-0.4, -0.2) is 33.2 Å². The number of aromatic nitrogens is 1. The van der Waals surface area contributed by atoms with E-state index in [1.807, 2.05) is 0 Å². The minimum atomic E-state index is -1.25. The Morgan fingerprint density at radius 1 is 1.38 bits per heavy atom. The Morgan fingerprint density at radius 2 is 2.05 bits per heavy atom. The molecule has 0 aliphatic carbocycles. The Kier molecular flexibility index (Phi) is 3.99. The summed E-state index contributed by atoms with van der Waals surface area (Å²) < 4.78 is 1.89. The highest BCUT2D eigenvalue weighted by molar-refractivity contribution is 9.10. The van der Waals surface area contributed by atoms with Gasteiger partial charge in [0.2, 0.25) is 0 Å². The Balaban J connectivity index is 2.66. The second-order valence-corrected chi connectivity index (χ2v) is 5.24. The molecule has 0 spiro atoms. The number of nitrogens with one attached hydrogen (secondary N) is 1. The number of fused-ring (bicyclic) bond motifs is 1. The van der Waals surface area contributed by atoms with E-state index in [4.69, 9.17) is 5.11 Å². The van der Waals surface area contributed by atoms with Gasteiger partial charge in [-0.15, -0.1) is 0 Å². The molecule has 1 amide bonds. The number of pyridine rings is 1. The van der Waals surface area contributed by atoms with Crippen LogP contribution in [0.2, 0.25) is 0 Å². The smallest absolute Gasteiger partial charge is 0.322 e. The highest BCUT2D eigenvalue weighted by atomic mass is 79.9. The molecule has 1 aromatic carbocycles. The summed E-state index contributed by atoms with van der Waals surface area (Å²) in [5, 5.41) is 21.1. The Morgan fingerprint density at radius 3 is 2.67 bits per heavy atom.